The number of carbonyl (C=O) groups excluding carboxylic acids is 2. The fraction of sp³-hybridized carbons (Fsp3) is 0.650. The van der Waals surface area contributed by atoms with Crippen molar-refractivity contribution in [2.24, 2.45) is 5.41 Å². The molecule has 2 unspecified atom stereocenters. The Morgan fingerprint density at radius 1 is 1.13 bits per heavy atom. The number of ether oxygens (including phenoxy) is 1. The molecule has 0 saturated carbocycles. The standard InChI is InChI=1S/C20H34N7O16P3/c1-20(2,15(30)18(31)23-5-4-11(28)22-3)7-40-46(37,38)43-45(35,36)39-6-10-14(42-44(32,33)34)13(29)19(41-10)27-9-26-12-16(21)24-8-25-17(12)27/h8-10,13-15,19,29-30H,4-7H2,1-3H3,(H,22,28)(H,23,31)(H,35,36)(H,37,38)(H2,21,24,25)(H2,32,33,34)/t10-,13-,14-,15+,19-/m1/s1. The van der Waals surface area contributed by atoms with Crippen molar-refractivity contribution < 1.29 is 75.7 Å². The van der Waals surface area contributed by atoms with Gasteiger partial charge in [-0.15, -0.1) is 0 Å². The second-order valence-corrected chi connectivity index (χ2v) is 14.6. The van der Waals surface area contributed by atoms with Gasteiger partial charge in [-0.3, -0.25) is 27.7 Å². The summed E-state index contributed by atoms with van der Waals surface area (Å²) in [7, 11) is -14.9. The minimum absolute atomic E-state index is 0.0350. The molecule has 0 bridgehead atoms. The first-order valence-electron chi connectivity index (χ1n) is 13.0. The van der Waals surface area contributed by atoms with Crippen LogP contribution in [-0.2, 0) is 45.9 Å². The molecule has 0 spiro atoms. The van der Waals surface area contributed by atoms with Crippen LogP contribution in [0.5, 0.6) is 0 Å². The van der Waals surface area contributed by atoms with Crippen molar-refractivity contribution in [3.8, 4) is 0 Å². The Morgan fingerprint density at radius 2 is 1.78 bits per heavy atom. The van der Waals surface area contributed by atoms with E-state index in [2.05, 4.69) is 34.4 Å². The van der Waals surface area contributed by atoms with Gasteiger partial charge in [0.25, 0.3) is 0 Å². The van der Waals surface area contributed by atoms with Crippen molar-refractivity contribution in [3.05, 3.63) is 12.7 Å². The summed E-state index contributed by atoms with van der Waals surface area (Å²) >= 11 is 0. The Bertz CT molecular complexity index is 1550. The lowest BCUT2D eigenvalue weighted by atomic mass is 9.87. The van der Waals surface area contributed by atoms with Gasteiger partial charge in [0, 0.05) is 25.4 Å². The van der Waals surface area contributed by atoms with Gasteiger partial charge in [-0.05, 0) is 0 Å². The third kappa shape index (κ3) is 10.0. The number of nitrogen functional groups attached to an aromatic ring is 1. The van der Waals surface area contributed by atoms with Crippen molar-refractivity contribution in [2.75, 3.05) is 32.5 Å². The first kappa shape index (κ1) is 38.0. The van der Waals surface area contributed by atoms with Gasteiger partial charge in [-0.25, -0.2) is 28.6 Å². The van der Waals surface area contributed by atoms with E-state index in [1.54, 1.807) is 0 Å². The normalized spacial score (nSPS) is 23.8. The molecular formula is C20H34N7O16P3. The van der Waals surface area contributed by atoms with Crippen LogP contribution in [0.1, 0.15) is 26.5 Å². The molecule has 0 aliphatic carbocycles. The lowest BCUT2D eigenvalue weighted by Crippen LogP contribution is -2.46. The molecule has 1 aliphatic heterocycles. The highest BCUT2D eigenvalue weighted by Crippen LogP contribution is 2.61. The number of hydrogen-bond donors (Lipinski definition) is 9. The lowest BCUT2D eigenvalue weighted by molar-refractivity contribution is -0.137. The molecule has 0 aromatic carbocycles. The number of fused-ring (bicyclic) bond motifs is 1. The zero-order chi connectivity index (χ0) is 34.7. The molecule has 3 rings (SSSR count). The smallest absolute Gasteiger partial charge is 0.386 e. The van der Waals surface area contributed by atoms with Gasteiger partial charge in [0.15, 0.2) is 17.7 Å². The molecule has 7 atom stereocenters. The lowest BCUT2D eigenvalue weighted by Gasteiger charge is -2.30. The van der Waals surface area contributed by atoms with Crippen LogP contribution in [0.4, 0.5) is 5.82 Å². The molecule has 0 radical (unpaired) electrons. The van der Waals surface area contributed by atoms with Gasteiger partial charge in [0.05, 0.1) is 19.5 Å². The number of rotatable bonds is 16. The summed E-state index contributed by atoms with van der Waals surface area (Å²) in [4.78, 5) is 74.0. The Hall–Kier alpha value is -2.46. The van der Waals surface area contributed by atoms with Gasteiger partial charge in [-0.2, -0.15) is 4.31 Å². The van der Waals surface area contributed by atoms with Crippen LogP contribution in [0.2, 0.25) is 0 Å². The number of aliphatic hydroxyl groups is 2. The molecule has 1 aliphatic rings. The Morgan fingerprint density at radius 3 is 2.41 bits per heavy atom. The third-order valence-corrected chi connectivity index (χ3v) is 9.46. The number of nitrogens with zero attached hydrogens (tertiary/aromatic N) is 4. The average Bonchev–Trinajstić information content (AvgIpc) is 3.50. The van der Waals surface area contributed by atoms with Crippen LogP contribution in [0.15, 0.2) is 12.7 Å². The fourth-order valence-corrected chi connectivity index (χ4v) is 6.81. The maximum absolute atomic E-state index is 12.5. The van der Waals surface area contributed by atoms with Gasteiger partial charge < -0.3 is 50.9 Å². The number of imidazole rings is 1. The van der Waals surface area contributed by atoms with E-state index in [0.29, 0.717) is 0 Å². The summed E-state index contributed by atoms with van der Waals surface area (Å²) in [6.45, 7) is 0.430. The fourth-order valence-electron chi connectivity index (χ4n) is 3.98. The third-order valence-electron chi connectivity index (χ3n) is 6.36. The largest absolute Gasteiger partial charge is 0.481 e. The van der Waals surface area contributed by atoms with E-state index in [1.165, 1.54) is 20.9 Å². The van der Waals surface area contributed by atoms with Crippen LogP contribution >= 0.6 is 23.5 Å². The summed E-state index contributed by atoms with van der Waals surface area (Å²) < 4.78 is 61.5. The zero-order valence-electron chi connectivity index (χ0n) is 24.3. The molecular weight excluding hydrogens is 687 g/mol. The van der Waals surface area contributed by atoms with Crippen LogP contribution < -0.4 is 16.4 Å². The molecule has 1 saturated heterocycles. The monoisotopic (exact) mass is 721 g/mol. The maximum Gasteiger partial charge on any atom is 0.481 e. The van der Waals surface area contributed by atoms with Crippen molar-refractivity contribution in [3.63, 3.8) is 0 Å². The highest BCUT2D eigenvalue weighted by atomic mass is 31.3. The number of amides is 2. The predicted octanol–water partition coefficient (Wildman–Crippen LogP) is -1.97. The van der Waals surface area contributed by atoms with Crippen LogP contribution in [-0.4, -0.2) is 112 Å². The molecule has 2 amide bonds. The van der Waals surface area contributed by atoms with E-state index in [9.17, 15) is 53.1 Å². The maximum atomic E-state index is 12.5. The van der Waals surface area contributed by atoms with Gasteiger partial charge in [0.1, 0.15) is 36.3 Å². The number of aromatic nitrogens is 4. The number of nitrogens with two attached hydrogens (primary N) is 1. The molecule has 23 nitrogen and oxygen atoms in total. The van der Waals surface area contributed by atoms with E-state index >= 15 is 0 Å². The number of nitrogens with one attached hydrogen (secondary N) is 2. The molecule has 26 heteroatoms. The van der Waals surface area contributed by atoms with E-state index in [-0.39, 0.29) is 35.9 Å². The van der Waals surface area contributed by atoms with Gasteiger partial charge in [-0.1, -0.05) is 13.8 Å². The SMILES string of the molecule is CNC(=O)CCNC(=O)[C@H](O)C(C)(C)COP(=O)(O)OP(=O)(O)OC[C@H]1O[C@@H](n2cnc3c(N)ncnc32)[C@H](O)[C@@H]1OP(=O)(O)O. The van der Waals surface area contributed by atoms with Gasteiger partial charge >= 0.3 is 23.5 Å². The van der Waals surface area contributed by atoms with Gasteiger partial charge in [0.2, 0.25) is 11.8 Å². The number of carbonyl (C=O) groups is 2. The van der Waals surface area contributed by atoms with E-state index in [1.807, 2.05) is 0 Å². The Balaban J connectivity index is 1.64. The Labute approximate surface area is 259 Å². The summed E-state index contributed by atoms with van der Waals surface area (Å²) in [5.41, 5.74) is 4.31. The minimum Gasteiger partial charge on any atom is -0.386 e. The van der Waals surface area contributed by atoms with Crippen molar-refractivity contribution in [1.29, 1.82) is 0 Å². The molecule has 10 N–H and O–H groups in total. The van der Waals surface area contributed by atoms with E-state index in [4.69, 9.17) is 19.5 Å². The second-order valence-electron chi connectivity index (χ2n) is 10.4. The molecule has 260 valence electrons. The first-order valence-corrected chi connectivity index (χ1v) is 17.5. The van der Waals surface area contributed by atoms with Crippen LogP contribution in [0, 0.1) is 5.41 Å². The highest BCUT2D eigenvalue weighted by molar-refractivity contribution is 7.61. The second kappa shape index (κ2) is 14.8. The highest BCUT2D eigenvalue weighted by Gasteiger charge is 2.50. The Kier molecular flexibility index (Phi) is 12.2. The molecule has 1 fully saturated rings. The number of phosphoric ester groups is 3. The molecule has 2 aromatic rings. The molecule has 3 heterocycles. The van der Waals surface area contributed by atoms with Crippen LogP contribution in [0.3, 0.4) is 0 Å². The van der Waals surface area contributed by atoms with Crippen molar-refractivity contribution >= 4 is 52.3 Å². The molecule has 46 heavy (non-hydrogen) atoms. The van der Waals surface area contributed by atoms with E-state index in [0.717, 1.165) is 17.2 Å². The summed E-state index contributed by atoms with van der Waals surface area (Å²) in [6, 6.07) is 0. The summed E-state index contributed by atoms with van der Waals surface area (Å²) in [5.74, 6) is -1.35. The first-order chi connectivity index (χ1) is 21.2. The number of anilines is 1. The van der Waals surface area contributed by atoms with Crippen LogP contribution in [0.25, 0.3) is 11.2 Å². The summed E-state index contributed by atoms with van der Waals surface area (Å²) in [5, 5.41) is 25.8. The van der Waals surface area contributed by atoms with Crippen molar-refractivity contribution in [1.82, 2.24) is 30.2 Å². The average molecular weight is 721 g/mol. The quantitative estimate of drug-likeness (QED) is 0.0849. The zero-order valence-corrected chi connectivity index (χ0v) is 27.0. The van der Waals surface area contributed by atoms with E-state index < -0.39 is 78.6 Å². The number of phosphoric acid groups is 3. The topological polar surface area (TPSA) is 347 Å². The minimum atomic E-state index is -5.53. The summed E-state index contributed by atoms with van der Waals surface area (Å²) in [6.07, 6.45) is -6.70. The van der Waals surface area contributed by atoms with Crippen molar-refractivity contribution in [2.45, 2.75) is 50.9 Å². The predicted molar refractivity (Wildman–Crippen MR) is 151 cm³/mol. The number of aliphatic hydroxyl groups excluding tert-OH is 2. The molecule has 2 aromatic heterocycles. The number of hydrogen-bond acceptors (Lipinski definition) is 16.